The number of carbonyl (C=O) groups is 1. The normalized spacial score (nSPS) is 14.6. The Balaban J connectivity index is 3.53. The van der Waals surface area contributed by atoms with Crippen molar-refractivity contribution in [3.63, 3.8) is 0 Å². The lowest BCUT2D eigenvalue weighted by Gasteiger charge is -2.36. The number of allylic oxidation sites excluding steroid dienone is 1. The van der Waals surface area contributed by atoms with Crippen molar-refractivity contribution in [1.82, 2.24) is 4.90 Å². The molecule has 30 heavy (non-hydrogen) atoms. The number of halogens is 5. The predicted octanol–water partition coefficient (Wildman–Crippen LogP) is 8.10. The SMILES string of the molecule is CN(CCCCCCCCO)C(=O)CCCCCCCCC/C=C/S(F)(F)(F)(F)F. The lowest BCUT2D eigenvalue weighted by molar-refractivity contribution is -0.130. The van der Waals surface area contributed by atoms with Gasteiger partial charge in [0.05, 0.1) is 5.41 Å². The summed E-state index contributed by atoms with van der Waals surface area (Å²) in [6.07, 6.45) is 13.1. The number of unbranched alkanes of at least 4 members (excludes halogenated alkanes) is 12. The second-order valence-electron chi connectivity index (χ2n) is 8.07. The Morgan fingerprint density at radius 1 is 0.767 bits per heavy atom. The molecule has 0 aromatic rings. The van der Waals surface area contributed by atoms with Gasteiger partial charge < -0.3 is 10.0 Å². The van der Waals surface area contributed by atoms with Gasteiger partial charge in [-0.2, -0.15) is 0 Å². The summed E-state index contributed by atoms with van der Waals surface area (Å²) in [4.78, 5) is 13.8. The first-order valence-electron chi connectivity index (χ1n) is 11.1. The Labute approximate surface area is 178 Å². The maximum atomic E-state index is 12.1. The van der Waals surface area contributed by atoms with Crippen LogP contribution in [0.3, 0.4) is 0 Å². The minimum atomic E-state index is -9.39. The highest BCUT2D eigenvalue weighted by atomic mass is 32.5. The van der Waals surface area contributed by atoms with Gasteiger partial charge in [0.15, 0.2) is 0 Å². The first-order chi connectivity index (χ1) is 13.8. The smallest absolute Gasteiger partial charge is 0.304 e. The van der Waals surface area contributed by atoms with Crippen LogP contribution in [0.5, 0.6) is 0 Å². The van der Waals surface area contributed by atoms with Gasteiger partial charge in [0.25, 0.3) is 0 Å². The Kier molecular flexibility index (Phi) is 13.2. The van der Waals surface area contributed by atoms with E-state index in [2.05, 4.69) is 0 Å². The molecule has 0 heterocycles. The van der Waals surface area contributed by atoms with Crippen LogP contribution >= 0.6 is 10.2 Å². The molecule has 0 aromatic carbocycles. The van der Waals surface area contributed by atoms with Crippen molar-refractivity contribution in [1.29, 1.82) is 0 Å². The van der Waals surface area contributed by atoms with Crippen LogP contribution < -0.4 is 0 Å². The fourth-order valence-electron chi connectivity index (χ4n) is 3.16. The molecule has 0 aromatic heterocycles. The number of aliphatic hydroxyl groups is 1. The summed E-state index contributed by atoms with van der Waals surface area (Å²) in [5.74, 6) is 0.158. The Hall–Kier alpha value is -0.830. The molecule has 0 bridgehead atoms. The van der Waals surface area contributed by atoms with E-state index >= 15 is 0 Å². The second-order valence-corrected chi connectivity index (χ2v) is 10.4. The average molecular weight is 466 g/mol. The van der Waals surface area contributed by atoms with Gasteiger partial charge in [0.2, 0.25) is 5.91 Å². The van der Waals surface area contributed by atoms with Crippen LogP contribution in [0.4, 0.5) is 19.4 Å². The van der Waals surface area contributed by atoms with E-state index in [-0.39, 0.29) is 18.9 Å². The molecule has 0 fully saturated rings. The third kappa shape index (κ3) is 21.9. The topological polar surface area (TPSA) is 40.5 Å². The molecule has 0 rings (SSSR count). The van der Waals surface area contributed by atoms with Crippen LogP contribution in [0.15, 0.2) is 11.5 Å². The molecule has 0 aliphatic heterocycles. The zero-order valence-corrected chi connectivity index (χ0v) is 19.1. The van der Waals surface area contributed by atoms with Crippen molar-refractivity contribution in [2.75, 3.05) is 20.2 Å². The van der Waals surface area contributed by atoms with Gasteiger partial charge in [-0.25, -0.2) is 0 Å². The van der Waals surface area contributed by atoms with Crippen LogP contribution in [-0.4, -0.2) is 36.1 Å². The van der Waals surface area contributed by atoms with Gasteiger partial charge in [-0.3, -0.25) is 4.79 Å². The van der Waals surface area contributed by atoms with Gasteiger partial charge in [-0.1, -0.05) is 83.3 Å². The maximum Gasteiger partial charge on any atom is 0.304 e. The molecule has 0 aliphatic carbocycles. The lowest BCUT2D eigenvalue weighted by Crippen LogP contribution is -2.27. The maximum absolute atomic E-state index is 12.1. The lowest BCUT2D eigenvalue weighted by atomic mass is 10.1. The number of carbonyl (C=O) groups excluding carboxylic acids is 1. The number of amides is 1. The van der Waals surface area contributed by atoms with Crippen molar-refractivity contribution < 1.29 is 29.3 Å². The highest BCUT2D eigenvalue weighted by Crippen LogP contribution is 2.98. The number of hydrogen-bond donors (Lipinski definition) is 1. The fourth-order valence-corrected chi connectivity index (χ4v) is 3.66. The van der Waals surface area contributed by atoms with Gasteiger partial charge in [0.1, 0.15) is 0 Å². The Bertz CT molecular complexity index is 497. The fraction of sp³-hybridized carbons (Fsp3) is 0.857. The molecule has 0 aliphatic rings. The first-order valence-corrected chi connectivity index (χ1v) is 13.1. The van der Waals surface area contributed by atoms with E-state index in [1.807, 2.05) is 7.05 Å². The highest BCUT2D eigenvalue weighted by molar-refractivity contribution is 8.48. The summed E-state index contributed by atoms with van der Waals surface area (Å²) in [5.41, 5.74) is 0. The number of nitrogens with zero attached hydrogens (tertiary/aromatic N) is 1. The van der Waals surface area contributed by atoms with Crippen LogP contribution in [0, 0.1) is 0 Å². The van der Waals surface area contributed by atoms with Gasteiger partial charge in [-0.15, -0.1) is 0 Å². The molecule has 0 saturated carbocycles. The summed E-state index contributed by atoms with van der Waals surface area (Å²) >= 11 is 0. The van der Waals surface area contributed by atoms with E-state index in [4.69, 9.17) is 5.11 Å². The number of rotatable bonds is 19. The molecule has 0 unspecified atom stereocenters. The summed E-state index contributed by atoms with van der Waals surface area (Å²) in [6.45, 7) is 1.03. The summed E-state index contributed by atoms with van der Waals surface area (Å²) in [5, 5.41) is 7.86. The standard InChI is InChI=1S/C21H40F5NO2S/c1-27(18-14-10-6-7-11-15-19-28)21(29)17-13-9-5-3-2-4-8-12-16-20-30(22,23,24,25)26/h16,20,28H,2-15,17-19H2,1H3/b20-16+. The molecule has 1 amide bonds. The molecule has 0 spiro atoms. The van der Waals surface area contributed by atoms with Gasteiger partial charge in [0, 0.05) is 26.6 Å². The molecular formula is C21H40F5NO2S. The monoisotopic (exact) mass is 465 g/mol. The van der Waals surface area contributed by atoms with E-state index < -0.39 is 15.6 Å². The molecule has 182 valence electrons. The van der Waals surface area contributed by atoms with Crippen molar-refractivity contribution in [2.45, 2.75) is 96.3 Å². The van der Waals surface area contributed by atoms with Crippen molar-refractivity contribution in [3.8, 4) is 0 Å². The molecule has 0 atom stereocenters. The zero-order chi connectivity index (χ0) is 23.0. The molecule has 9 heteroatoms. The van der Waals surface area contributed by atoms with Crippen LogP contribution in [0.1, 0.15) is 96.3 Å². The quantitative estimate of drug-likeness (QED) is 0.155. The van der Waals surface area contributed by atoms with E-state index in [1.165, 1.54) is 0 Å². The van der Waals surface area contributed by atoms with Gasteiger partial charge in [-0.05, 0) is 32.1 Å². The van der Waals surface area contributed by atoms with Crippen molar-refractivity contribution >= 4 is 16.1 Å². The van der Waals surface area contributed by atoms with Crippen LogP contribution in [0.25, 0.3) is 0 Å². The summed E-state index contributed by atoms with van der Waals surface area (Å²) < 4.78 is 60.4. The summed E-state index contributed by atoms with van der Waals surface area (Å²) in [6, 6.07) is 0. The summed E-state index contributed by atoms with van der Waals surface area (Å²) in [7, 11) is -7.56. The number of hydrogen-bond acceptors (Lipinski definition) is 2. The first kappa shape index (κ1) is 29.2. The zero-order valence-electron chi connectivity index (χ0n) is 18.3. The highest BCUT2D eigenvalue weighted by Gasteiger charge is 2.60. The third-order valence-electron chi connectivity index (χ3n) is 4.94. The molecule has 0 radical (unpaired) electrons. The van der Waals surface area contributed by atoms with E-state index in [0.717, 1.165) is 77.2 Å². The number of aliphatic hydroxyl groups excluding tert-OH is 1. The molecular weight excluding hydrogens is 425 g/mol. The largest absolute Gasteiger partial charge is 0.396 e. The van der Waals surface area contributed by atoms with Crippen molar-refractivity contribution in [2.24, 2.45) is 0 Å². The van der Waals surface area contributed by atoms with Gasteiger partial charge >= 0.3 is 10.2 Å². The second kappa shape index (κ2) is 13.6. The van der Waals surface area contributed by atoms with Crippen LogP contribution in [-0.2, 0) is 4.79 Å². The average Bonchev–Trinajstić information content (AvgIpc) is 2.63. The Morgan fingerprint density at radius 3 is 1.77 bits per heavy atom. The van der Waals surface area contributed by atoms with Crippen LogP contribution in [0.2, 0.25) is 0 Å². The van der Waals surface area contributed by atoms with Crippen molar-refractivity contribution in [3.05, 3.63) is 11.5 Å². The molecule has 0 saturated heterocycles. The molecule has 1 N–H and O–H groups in total. The van der Waals surface area contributed by atoms with E-state index in [0.29, 0.717) is 25.3 Å². The minimum Gasteiger partial charge on any atom is -0.396 e. The predicted molar refractivity (Wildman–Crippen MR) is 116 cm³/mol. The minimum absolute atomic E-state index is 0.00902. The third-order valence-corrected chi connectivity index (χ3v) is 5.65. The Morgan fingerprint density at radius 2 is 1.23 bits per heavy atom. The van der Waals surface area contributed by atoms with E-state index in [9.17, 15) is 24.2 Å². The molecule has 3 nitrogen and oxygen atoms in total. The van der Waals surface area contributed by atoms with E-state index in [1.54, 1.807) is 4.90 Å².